The number of rotatable bonds is 10. The van der Waals surface area contributed by atoms with Gasteiger partial charge in [0.15, 0.2) is 5.96 Å². The summed E-state index contributed by atoms with van der Waals surface area (Å²) in [6.07, 6.45) is 6.62. The van der Waals surface area contributed by atoms with Crippen molar-refractivity contribution in [3.8, 4) is 0 Å². The van der Waals surface area contributed by atoms with E-state index < -0.39 is 9.84 Å². The second-order valence-electron chi connectivity index (χ2n) is 6.20. The van der Waals surface area contributed by atoms with Gasteiger partial charge >= 0.3 is 0 Å². The second-order valence-corrected chi connectivity index (χ2v) is 8.46. The van der Waals surface area contributed by atoms with E-state index in [-0.39, 0.29) is 5.75 Å². The molecule has 0 amide bonds. The van der Waals surface area contributed by atoms with Gasteiger partial charge in [0, 0.05) is 39.6 Å². The number of aliphatic imine (C=N–C) groups is 1. The van der Waals surface area contributed by atoms with Crippen LogP contribution in [0, 0.1) is 5.41 Å². The lowest BCUT2D eigenvalue weighted by molar-refractivity contribution is 0.0778. The molecule has 6 nitrogen and oxygen atoms in total. The number of sulfone groups is 1. The van der Waals surface area contributed by atoms with Crippen molar-refractivity contribution >= 4 is 15.8 Å². The summed E-state index contributed by atoms with van der Waals surface area (Å²) in [5, 5.41) is 6.43. The highest BCUT2D eigenvalue weighted by atomic mass is 32.2. The van der Waals surface area contributed by atoms with Gasteiger partial charge in [0.05, 0.1) is 5.75 Å². The standard InChI is InChI=1S/C15H31N3O3S/c1-4-16-14(17-10-6-12-22(3,19)20)18-13-15(7-5-8-15)9-11-21-2/h4-13H2,1-3H3,(H2,16,17,18). The Hall–Kier alpha value is -0.820. The minimum atomic E-state index is -2.89. The van der Waals surface area contributed by atoms with E-state index in [2.05, 4.69) is 15.6 Å². The number of hydrogen-bond acceptors (Lipinski definition) is 4. The van der Waals surface area contributed by atoms with E-state index in [0.717, 1.165) is 32.1 Å². The Labute approximate surface area is 135 Å². The SMILES string of the molecule is CCNC(=NCC1(CCOC)CCC1)NCCCS(C)(=O)=O. The molecule has 1 rings (SSSR count). The van der Waals surface area contributed by atoms with E-state index >= 15 is 0 Å². The van der Waals surface area contributed by atoms with Crippen LogP contribution in [-0.2, 0) is 14.6 Å². The molecule has 130 valence electrons. The van der Waals surface area contributed by atoms with Crippen molar-refractivity contribution in [3.05, 3.63) is 0 Å². The summed E-state index contributed by atoms with van der Waals surface area (Å²) in [5.74, 6) is 0.983. The Balaban J connectivity index is 2.43. The highest BCUT2D eigenvalue weighted by molar-refractivity contribution is 7.90. The smallest absolute Gasteiger partial charge is 0.191 e. The van der Waals surface area contributed by atoms with Crippen LogP contribution < -0.4 is 10.6 Å². The van der Waals surface area contributed by atoms with Crippen LogP contribution in [0.15, 0.2) is 4.99 Å². The Morgan fingerprint density at radius 1 is 1.32 bits per heavy atom. The molecule has 0 saturated heterocycles. The van der Waals surface area contributed by atoms with Crippen molar-refractivity contribution in [2.45, 2.75) is 39.0 Å². The molecule has 1 saturated carbocycles. The van der Waals surface area contributed by atoms with E-state index in [9.17, 15) is 8.42 Å². The van der Waals surface area contributed by atoms with Crippen LogP contribution >= 0.6 is 0 Å². The fourth-order valence-electron chi connectivity index (χ4n) is 2.61. The van der Waals surface area contributed by atoms with Crippen LogP contribution in [0.5, 0.6) is 0 Å². The van der Waals surface area contributed by atoms with Crippen LogP contribution in [0.2, 0.25) is 0 Å². The maximum absolute atomic E-state index is 11.1. The Bertz CT molecular complexity index is 445. The van der Waals surface area contributed by atoms with Gasteiger partial charge in [-0.25, -0.2) is 8.42 Å². The molecule has 1 aliphatic rings. The summed E-state index contributed by atoms with van der Waals surface area (Å²) in [6.45, 7) is 5.02. The van der Waals surface area contributed by atoms with Crippen molar-refractivity contribution in [2.24, 2.45) is 10.4 Å². The first-order valence-corrected chi connectivity index (χ1v) is 10.2. The zero-order valence-corrected chi connectivity index (χ0v) is 15.0. The minimum absolute atomic E-state index is 0.206. The number of methoxy groups -OCH3 is 1. The third-order valence-electron chi connectivity index (χ3n) is 4.15. The summed E-state index contributed by atoms with van der Waals surface area (Å²) in [4.78, 5) is 4.68. The van der Waals surface area contributed by atoms with Crippen LogP contribution in [0.4, 0.5) is 0 Å². The van der Waals surface area contributed by atoms with Gasteiger partial charge in [-0.1, -0.05) is 6.42 Å². The van der Waals surface area contributed by atoms with Crippen molar-refractivity contribution in [2.75, 3.05) is 45.4 Å². The normalized spacial score (nSPS) is 17.9. The average molecular weight is 333 g/mol. The quantitative estimate of drug-likeness (QED) is 0.356. The first-order valence-electron chi connectivity index (χ1n) is 8.10. The van der Waals surface area contributed by atoms with Gasteiger partial charge < -0.3 is 15.4 Å². The highest BCUT2D eigenvalue weighted by Crippen LogP contribution is 2.44. The zero-order chi connectivity index (χ0) is 16.5. The van der Waals surface area contributed by atoms with Gasteiger partial charge in [-0.15, -0.1) is 0 Å². The van der Waals surface area contributed by atoms with Crippen LogP contribution in [0.3, 0.4) is 0 Å². The topological polar surface area (TPSA) is 79.8 Å². The molecule has 7 heteroatoms. The lowest BCUT2D eigenvalue weighted by Gasteiger charge is -2.40. The van der Waals surface area contributed by atoms with Crippen LogP contribution in [-0.4, -0.2) is 59.7 Å². The minimum Gasteiger partial charge on any atom is -0.385 e. The van der Waals surface area contributed by atoms with Gasteiger partial charge in [0.25, 0.3) is 0 Å². The van der Waals surface area contributed by atoms with Crippen molar-refractivity contribution in [3.63, 3.8) is 0 Å². The molecule has 22 heavy (non-hydrogen) atoms. The predicted octanol–water partition coefficient (Wildman–Crippen LogP) is 1.18. The number of hydrogen-bond donors (Lipinski definition) is 2. The summed E-state index contributed by atoms with van der Waals surface area (Å²) in [7, 11) is -1.15. The molecule has 0 aliphatic heterocycles. The lowest BCUT2D eigenvalue weighted by atomic mass is 9.67. The summed E-state index contributed by atoms with van der Waals surface area (Å²) in [5.41, 5.74) is 0.297. The highest BCUT2D eigenvalue weighted by Gasteiger charge is 2.36. The van der Waals surface area contributed by atoms with E-state index in [0.29, 0.717) is 18.4 Å². The number of nitrogens with one attached hydrogen (secondary N) is 2. The van der Waals surface area contributed by atoms with Gasteiger partial charge in [-0.05, 0) is 38.0 Å². The van der Waals surface area contributed by atoms with Gasteiger partial charge in [-0.2, -0.15) is 0 Å². The molecule has 0 spiro atoms. The number of ether oxygens (including phenoxy) is 1. The molecule has 1 aliphatic carbocycles. The third kappa shape index (κ3) is 7.45. The van der Waals surface area contributed by atoms with Gasteiger partial charge in [-0.3, -0.25) is 4.99 Å². The maximum Gasteiger partial charge on any atom is 0.191 e. The van der Waals surface area contributed by atoms with E-state index in [1.165, 1.54) is 25.5 Å². The van der Waals surface area contributed by atoms with Crippen LogP contribution in [0.25, 0.3) is 0 Å². The summed E-state index contributed by atoms with van der Waals surface area (Å²) in [6, 6.07) is 0. The molecule has 0 aromatic carbocycles. The zero-order valence-electron chi connectivity index (χ0n) is 14.2. The molecule has 2 N–H and O–H groups in total. The first-order chi connectivity index (χ1) is 10.4. The van der Waals surface area contributed by atoms with Gasteiger partial charge in [0.2, 0.25) is 0 Å². The fraction of sp³-hybridized carbons (Fsp3) is 0.933. The molecule has 0 bridgehead atoms. The Morgan fingerprint density at radius 3 is 2.55 bits per heavy atom. The van der Waals surface area contributed by atoms with Crippen molar-refractivity contribution in [1.29, 1.82) is 0 Å². The van der Waals surface area contributed by atoms with E-state index in [1.54, 1.807) is 7.11 Å². The molecule has 1 fully saturated rings. The summed E-state index contributed by atoms with van der Waals surface area (Å²) >= 11 is 0. The molecule has 0 aromatic rings. The molecule has 0 radical (unpaired) electrons. The maximum atomic E-state index is 11.1. The largest absolute Gasteiger partial charge is 0.385 e. The van der Waals surface area contributed by atoms with E-state index in [1.807, 2.05) is 6.92 Å². The molecule has 0 unspecified atom stereocenters. The lowest BCUT2D eigenvalue weighted by Crippen LogP contribution is -2.40. The van der Waals surface area contributed by atoms with E-state index in [4.69, 9.17) is 4.74 Å². The molecule has 0 atom stereocenters. The second kappa shape index (κ2) is 9.35. The summed E-state index contributed by atoms with van der Waals surface area (Å²) < 4.78 is 27.4. The Morgan fingerprint density at radius 2 is 2.05 bits per heavy atom. The average Bonchev–Trinajstić information content (AvgIpc) is 2.40. The molecule has 0 aromatic heterocycles. The molecule has 0 heterocycles. The van der Waals surface area contributed by atoms with Crippen molar-refractivity contribution in [1.82, 2.24) is 10.6 Å². The Kier molecular flexibility index (Phi) is 8.17. The number of nitrogens with zero attached hydrogens (tertiary/aromatic N) is 1. The van der Waals surface area contributed by atoms with Crippen LogP contribution in [0.1, 0.15) is 39.0 Å². The van der Waals surface area contributed by atoms with Gasteiger partial charge in [0.1, 0.15) is 9.84 Å². The fourth-order valence-corrected chi connectivity index (χ4v) is 3.28. The predicted molar refractivity (Wildman–Crippen MR) is 91.1 cm³/mol. The monoisotopic (exact) mass is 333 g/mol. The van der Waals surface area contributed by atoms with Crippen molar-refractivity contribution < 1.29 is 13.2 Å². The third-order valence-corrected chi connectivity index (χ3v) is 5.18. The first kappa shape index (κ1) is 19.2. The molecular formula is C15H31N3O3S. The number of guanidine groups is 1. The molecular weight excluding hydrogens is 302 g/mol.